The summed E-state index contributed by atoms with van der Waals surface area (Å²) in [5.41, 5.74) is 2.52. The van der Waals surface area contributed by atoms with Crippen LogP contribution in [0.25, 0.3) is 0 Å². The van der Waals surface area contributed by atoms with Gasteiger partial charge in [-0.25, -0.2) is 5.06 Å². The zero-order chi connectivity index (χ0) is 18.8. The Bertz CT molecular complexity index is 775. The summed E-state index contributed by atoms with van der Waals surface area (Å²) in [7, 11) is 0. The number of nitrogens with zero attached hydrogens (tertiary/aromatic N) is 5. The molecule has 1 saturated heterocycles. The highest BCUT2D eigenvalue weighted by molar-refractivity contribution is 5.75. The van der Waals surface area contributed by atoms with Gasteiger partial charge in [-0.05, 0) is 38.3 Å². The number of aromatic nitrogens is 3. The first kappa shape index (κ1) is 18.3. The Hall–Kier alpha value is -2.12. The van der Waals surface area contributed by atoms with Gasteiger partial charge in [0.05, 0.1) is 19.3 Å². The summed E-state index contributed by atoms with van der Waals surface area (Å²) in [4.78, 5) is 20.5. The highest BCUT2D eigenvalue weighted by Gasteiger charge is 2.27. The second-order valence-corrected chi connectivity index (χ2v) is 8.00. The summed E-state index contributed by atoms with van der Waals surface area (Å²) < 4.78 is 4.29. The van der Waals surface area contributed by atoms with Crippen LogP contribution in [-0.4, -0.2) is 49.9 Å². The molecule has 0 radical (unpaired) electrons. The van der Waals surface area contributed by atoms with Crippen LogP contribution in [0.4, 0.5) is 0 Å². The normalized spacial score (nSPS) is 20.9. The fourth-order valence-electron chi connectivity index (χ4n) is 4.01. The van der Waals surface area contributed by atoms with Crippen molar-refractivity contribution in [1.82, 2.24) is 24.3 Å². The Morgan fingerprint density at radius 1 is 1.37 bits per heavy atom. The molecule has 2 aromatic heterocycles. The van der Waals surface area contributed by atoms with Crippen LogP contribution in [0.2, 0.25) is 0 Å². The van der Waals surface area contributed by atoms with Crippen molar-refractivity contribution in [3.8, 4) is 0 Å². The summed E-state index contributed by atoms with van der Waals surface area (Å²) >= 11 is 0. The van der Waals surface area contributed by atoms with Crippen molar-refractivity contribution < 1.29 is 9.63 Å². The standard InChI is InChI=1S/C20H29N5O2/c1-16(2)24-14-18(10-21-24)12-22-11-17(9-20(26)25-7-4-8-27-25)13-23-6-3-5-19(23)15-22/h3,5-6,10,14,16-17H,4,7-9,11-13,15H2,1-2H3. The summed E-state index contributed by atoms with van der Waals surface area (Å²) in [6.07, 6.45) is 7.68. The van der Waals surface area contributed by atoms with E-state index < -0.39 is 0 Å². The zero-order valence-corrected chi connectivity index (χ0v) is 16.3. The fourth-order valence-corrected chi connectivity index (χ4v) is 4.01. The Morgan fingerprint density at radius 2 is 2.26 bits per heavy atom. The van der Waals surface area contributed by atoms with Crippen molar-refractivity contribution in [2.24, 2.45) is 5.92 Å². The molecule has 2 aromatic rings. The predicted octanol–water partition coefficient (Wildman–Crippen LogP) is 2.45. The molecule has 7 nitrogen and oxygen atoms in total. The van der Waals surface area contributed by atoms with E-state index in [0.29, 0.717) is 19.1 Å². The van der Waals surface area contributed by atoms with E-state index in [2.05, 4.69) is 52.9 Å². The van der Waals surface area contributed by atoms with Gasteiger partial charge in [-0.1, -0.05) is 0 Å². The monoisotopic (exact) mass is 371 g/mol. The number of hydrogen-bond acceptors (Lipinski definition) is 4. The molecule has 0 bridgehead atoms. The maximum absolute atomic E-state index is 12.6. The summed E-state index contributed by atoms with van der Waals surface area (Å²) in [5, 5.41) is 6.02. The number of amides is 1. The van der Waals surface area contributed by atoms with Crippen LogP contribution in [0, 0.1) is 5.92 Å². The van der Waals surface area contributed by atoms with Crippen LogP contribution < -0.4 is 0 Å². The maximum atomic E-state index is 12.6. The van der Waals surface area contributed by atoms with Crippen LogP contribution in [0.5, 0.6) is 0 Å². The highest BCUT2D eigenvalue weighted by Crippen LogP contribution is 2.22. The predicted molar refractivity (Wildman–Crippen MR) is 102 cm³/mol. The topological polar surface area (TPSA) is 55.5 Å². The van der Waals surface area contributed by atoms with Gasteiger partial charge >= 0.3 is 0 Å². The average Bonchev–Trinajstić information content (AvgIpc) is 3.36. The van der Waals surface area contributed by atoms with Gasteiger partial charge in [0.1, 0.15) is 0 Å². The third-order valence-corrected chi connectivity index (χ3v) is 5.36. The van der Waals surface area contributed by atoms with Crippen molar-refractivity contribution in [1.29, 1.82) is 0 Å². The average molecular weight is 371 g/mol. The molecule has 0 aliphatic carbocycles. The lowest BCUT2D eigenvalue weighted by Gasteiger charge is -2.24. The quantitative estimate of drug-likeness (QED) is 0.810. The summed E-state index contributed by atoms with van der Waals surface area (Å²) in [6, 6.07) is 4.64. The number of hydroxylamine groups is 2. The van der Waals surface area contributed by atoms with E-state index in [0.717, 1.165) is 39.1 Å². The van der Waals surface area contributed by atoms with Crippen LogP contribution in [0.15, 0.2) is 30.7 Å². The van der Waals surface area contributed by atoms with E-state index in [9.17, 15) is 4.79 Å². The zero-order valence-electron chi connectivity index (χ0n) is 16.3. The number of rotatable bonds is 5. The molecule has 1 atom stereocenters. The van der Waals surface area contributed by atoms with Crippen LogP contribution in [0.3, 0.4) is 0 Å². The Kier molecular flexibility index (Phi) is 5.31. The lowest BCUT2D eigenvalue weighted by molar-refractivity contribution is -0.170. The van der Waals surface area contributed by atoms with Gasteiger partial charge in [-0.15, -0.1) is 0 Å². The van der Waals surface area contributed by atoms with Crippen LogP contribution in [0.1, 0.15) is 44.0 Å². The Labute approximate surface area is 160 Å². The lowest BCUT2D eigenvalue weighted by Crippen LogP contribution is -2.33. The second-order valence-electron chi connectivity index (χ2n) is 8.00. The lowest BCUT2D eigenvalue weighted by atomic mass is 10.0. The minimum Gasteiger partial charge on any atom is -0.350 e. The van der Waals surface area contributed by atoms with Gasteiger partial charge in [-0.2, -0.15) is 5.10 Å². The SMILES string of the molecule is CC(C)n1cc(CN2Cc3cccn3CC(CC(=O)N3CCCO3)C2)cn1. The molecule has 4 heterocycles. The van der Waals surface area contributed by atoms with Gasteiger partial charge in [0, 0.05) is 62.3 Å². The van der Waals surface area contributed by atoms with Gasteiger partial charge in [0.15, 0.2) is 0 Å². The van der Waals surface area contributed by atoms with Crippen molar-refractivity contribution in [2.75, 3.05) is 19.7 Å². The smallest absolute Gasteiger partial charge is 0.246 e. The minimum absolute atomic E-state index is 0.112. The third kappa shape index (κ3) is 4.25. The van der Waals surface area contributed by atoms with E-state index in [4.69, 9.17) is 4.84 Å². The van der Waals surface area contributed by atoms with Crippen LogP contribution in [-0.2, 0) is 29.3 Å². The van der Waals surface area contributed by atoms with E-state index >= 15 is 0 Å². The summed E-state index contributed by atoms with van der Waals surface area (Å²) in [5.74, 6) is 0.385. The fraction of sp³-hybridized carbons (Fsp3) is 0.600. The molecular weight excluding hydrogens is 342 g/mol. The molecule has 27 heavy (non-hydrogen) atoms. The van der Waals surface area contributed by atoms with Crippen molar-refractivity contribution in [2.45, 2.75) is 52.4 Å². The van der Waals surface area contributed by atoms with Crippen molar-refractivity contribution >= 4 is 5.91 Å². The number of carbonyl (C=O) groups excluding carboxylic acids is 1. The van der Waals surface area contributed by atoms with E-state index in [1.165, 1.54) is 11.3 Å². The molecule has 0 saturated carbocycles. The van der Waals surface area contributed by atoms with E-state index in [1.54, 1.807) is 5.06 Å². The first-order valence-corrected chi connectivity index (χ1v) is 9.91. The van der Waals surface area contributed by atoms with Gasteiger partial charge in [0.2, 0.25) is 5.91 Å². The third-order valence-electron chi connectivity index (χ3n) is 5.36. The van der Waals surface area contributed by atoms with Crippen molar-refractivity contribution in [3.05, 3.63) is 42.0 Å². The molecule has 7 heteroatoms. The molecule has 2 aliphatic heterocycles. The number of hydrogen-bond donors (Lipinski definition) is 0. The van der Waals surface area contributed by atoms with Gasteiger partial charge in [-0.3, -0.25) is 19.2 Å². The second kappa shape index (κ2) is 7.86. The van der Waals surface area contributed by atoms with Crippen LogP contribution >= 0.6 is 0 Å². The molecular formula is C20H29N5O2. The van der Waals surface area contributed by atoms with Crippen molar-refractivity contribution in [3.63, 3.8) is 0 Å². The molecule has 0 spiro atoms. The Morgan fingerprint density at radius 3 is 3.00 bits per heavy atom. The molecule has 1 fully saturated rings. The molecule has 1 amide bonds. The molecule has 2 aliphatic rings. The summed E-state index contributed by atoms with van der Waals surface area (Å²) in [6.45, 7) is 9.17. The van der Waals surface area contributed by atoms with Gasteiger partial charge in [0.25, 0.3) is 0 Å². The number of fused-ring (bicyclic) bond motifs is 1. The largest absolute Gasteiger partial charge is 0.350 e. The molecule has 0 N–H and O–H groups in total. The molecule has 0 aromatic carbocycles. The highest BCUT2D eigenvalue weighted by atomic mass is 16.7. The molecule has 1 unspecified atom stereocenters. The first-order valence-electron chi connectivity index (χ1n) is 9.91. The van der Waals surface area contributed by atoms with E-state index in [1.807, 2.05) is 10.9 Å². The Balaban J connectivity index is 1.46. The van der Waals surface area contributed by atoms with Gasteiger partial charge < -0.3 is 4.57 Å². The number of carbonyl (C=O) groups is 1. The minimum atomic E-state index is 0.112. The molecule has 146 valence electrons. The first-order chi connectivity index (χ1) is 13.1. The van der Waals surface area contributed by atoms with E-state index in [-0.39, 0.29) is 11.8 Å². The maximum Gasteiger partial charge on any atom is 0.246 e. The molecule has 4 rings (SSSR count).